The molecule has 2 aromatic rings. The largest absolute Gasteiger partial charge is 0.451 e. The smallest absolute Gasteiger partial charge is 0.316 e. The lowest BCUT2D eigenvalue weighted by molar-refractivity contribution is -0.117. The van der Waals surface area contributed by atoms with Crippen molar-refractivity contribution in [2.24, 2.45) is 5.73 Å². The van der Waals surface area contributed by atoms with Crippen LogP contribution in [0.4, 0.5) is 10.5 Å². The summed E-state index contributed by atoms with van der Waals surface area (Å²) in [5, 5.41) is 5.33. The van der Waals surface area contributed by atoms with Crippen LogP contribution < -0.4 is 16.4 Å². The third-order valence-corrected chi connectivity index (χ3v) is 3.61. The standard InChI is InChI=1S/C16H16IN3O3/c1-10(11-2-4-12(5-3-11)20-16(18)22)19-15(21)9-7-13-6-8-14(17)23-13/h2-10H,1H3,(H,19,21)(H3,18,20,22)/b9-7+. The molecule has 1 heterocycles. The molecule has 0 aliphatic heterocycles. The number of urea groups is 1. The Morgan fingerprint density at radius 3 is 2.48 bits per heavy atom. The van der Waals surface area contributed by atoms with Crippen LogP contribution in [0.5, 0.6) is 0 Å². The van der Waals surface area contributed by atoms with E-state index < -0.39 is 6.03 Å². The van der Waals surface area contributed by atoms with E-state index in [4.69, 9.17) is 10.2 Å². The molecule has 3 amide bonds. The highest BCUT2D eigenvalue weighted by Gasteiger charge is 2.08. The molecule has 2 rings (SSSR count). The summed E-state index contributed by atoms with van der Waals surface area (Å²) in [6, 6.07) is 9.90. The molecule has 0 fully saturated rings. The minimum absolute atomic E-state index is 0.175. The average molecular weight is 425 g/mol. The van der Waals surface area contributed by atoms with E-state index in [2.05, 4.69) is 33.2 Å². The summed E-state index contributed by atoms with van der Waals surface area (Å²) in [5.74, 6) is 0.405. The zero-order chi connectivity index (χ0) is 16.8. The Bertz CT molecular complexity index is 722. The van der Waals surface area contributed by atoms with Crippen molar-refractivity contribution in [1.29, 1.82) is 0 Å². The number of nitrogens with two attached hydrogens (primary N) is 1. The van der Waals surface area contributed by atoms with Gasteiger partial charge < -0.3 is 20.8 Å². The van der Waals surface area contributed by atoms with Crippen LogP contribution >= 0.6 is 22.6 Å². The summed E-state index contributed by atoms with van der Waals surface area (Å²) in [4.78, 5) is 22.7. The summed E-state index contributed by atoms with van der Waals surface area (Å²) in [6.07, 6.45) is 3.04. The maximum atomic E-state index is 11.9. The summed E-state index contributed by atoms with van der Waals surface area (Å²) in [7, 11) is 0. The second-order valence-corrected chi connectivity index (χ2v) is 5.88. The van der Waals surface area contributed by atoms with Crippen molar-refractivity contribution in [3.63, 3.8) is 0 Å². The average Bonchev–Trinajstić information content (AvgIpc) is 2.91. The van der Waals surface area contributed by atoms with Gasteiger partial charge in [0.25, 0.3) is 0 Å². The number of furan rings is 1. The van der Waals surface area contributed by atoms with Crippen LogP contribution in [-0.4, -0.2) is 11.9 Å². The van der Waals surface area contributed by atoms with Gasteiger partial charge in [-0.25, -0.2) is 4.79 Å². The van der Waals surface area contributed by atoms with Gasteiger partial charge in [-0.3, -0.25) is 4.79 Å². The number of nitrogens with one attached hydrogen (secondary N) is 2. The first kappa shape index (κ1) is 17.1. The molecule has 0 bridgehead atoms. The van der Waals surface area contributed by atoms with Crippen LogP contribution in [0.15, 0.2) is 46.9 Å². The summed E-state index contributed by atoms with van der Waals surface area (Å²) in [6.45, 7) is 1.87. The molecule has 0 saturated carbocycles. The van der Waals surface area contributed by atoms with Gasteiger partial charge in [0.1, 0.15) is 5.76 Å². The van der Waals surface area contributed by atoms with Crippen LogP contribution in [0.1, 0.15) is 24.3 Å². The highest BCUT2D eigenvalue weighted by atomic mass is 127. The summed E-state index contributed by atoms with van der Waals surface area (Å²) < 4.78 is 6.11. The molecular formula is C16H16IN3O3. The van der Waals surface area contributed by atoms with Crippen LogP contribution in [0.2, 0.25) is 0 Å². The molecule has 0 aliphatic rings. The van der Waals surface area contributed by atoms with Gasteiger partial charge in [0.2, 0.25) is 5.91 Å². The first-order valence-corrected chi connectivity index (χ1v) is 7.92. The Morgan fingerprint density at radius 2 is 1.91 bits per heavy atom. The second kappa shape index (κ2) is 7.82. The molecule has 1 unspecified atom stereocenters. The zero-order valence-corrected chi connectivity index (χ0v) is 14.5. The van der Waals surface area contributed by atoms with E-state index in [1.54, 1.807) is 24.3 Å². The Morgan fingerprint density at radius 1 is 1.22 bits per heavy atom. The molecule has 0 radical (unpaired) electrons. The first-order valence-electron chi connectivity index (χ1n) is 6.84. The Kier molecular flexibility index (Phi) is 5.80. The number of rotatable bonds is 5. The van der Waals surface area contributed by atoms with Crippen molar-refractivity contribution in [2.45, 2.75) is 13.0 Å². The van der Waals surface area contributed by atoms with E-state index in [1.165, 1.54) is 6.08 Å². The maximum absolute atomic E-state index is 11.9. The van der Waals surface area contributed by atoms with E-state index >= 15 is 0 Å². The fraction of sp³-hybridized carbons (Fsp3) is 0.125. The highest BCUT2D eigenvalue weighted by molar-refractivity contribution is 14.1. The Hall–Kier alpha value is -2.29. The van der Waals surface area contributed by atoms with Crippen molar-refractivity contribution in [2.75, 3.05) is 5.32 Å². The Balaban J connectivity index is 1.92. The molecule has 0 aliphatic carbocycles. The SMILES string of the molecule is CC(NC(=O)/C=C/c1ccc(I)o1)c1ccc(NC(N)=O)cc1. The molecule has 4 N–H and O–H groups in total. The molecule has 6 nitrogen and oxygen atoms in total. The lowest BCUT2D eigenvalue weighted by Gasteiger charge is -2.13. The van der Waals surface area contributed by atoms with Gasteiger partial charge in [0, 0.05) is 11.8 Å². The van der Waals surface area contributed by atoms with Crippen LogP contribution in [0.3, 0.4) is 0 Å². The van der Waals surface area contributed by atoms with Gasteiger partial charge in [-0.15, -0.1) is 0 Å². The van der Waals surface area contributed by atoms with Gasteiger partial charge in [-0.2, -0.15) is 0 Å². The van der Waals surface area contributed by atoms with Crippen molar-refractivity contribution < 1.29 is 14.0 Å². The molecule has 1 aromatic heterocycles. The fourth-order valence-corrected chi connectivity index (χ4v) is 2.35. The lowest BCUT2D eigenvalue weighted by atomic mass is 10.1. The van der Waals surface area contributed by atoms with Crippen molar-refractivity contribution >= 4 is 46.3 Å². The Labute approximate surface area is 147 Å². The van der Waals surface area contributed by atoms with E-state index in [0.717, 1.165) is 9.33 Å². The van der Waals surface area contributed by atoms with Gasteiger partial charge in [-0.1, -0.05) is 12.1 Å². The second-order valence-electron chi connectivity index (χ2n) is 4.82. The van der Waals surface area contributed by atoms with Crippen LogP contribution in [0, 0.1) is 3.77 Å². The summed E-state index contributed by atoms with van der Waals surface area (Å²) >= 11 is 2.06. The lowest BCUT2D eigenvalue weighted by Crippen LogP contribution is -2.24. The number of benzene rings is 1. The molecule has 1 aromatic carbocycles. The molecule has 0 spiro atoms. The normalized spacial score (nSPS) is 12.1. The van der Waals surface area contributed by atoms with Crippen molar-refractivity contribution in [1.82, 2.24) is 5.32 Å². The number of halogens is 1. The third kappa shape index (κ3) is 5.44. The summed E-state index contributed by atoms with van der Waals surface area (Å²) in [5.41, 5.74) is 6.56. The molecule has 7 heteroatoms. The number of carbonyl (C=O) groups excluding carboxylic acids is 2. The molecular weight excluding hydrogens is 409 g/mol. The number of anilines is 1. The molecule has 1 atom stereocenters. The molecule has 120 valence electrons. The number of amides is 3. The van der Waals surface area contributed by atoms with Crippen molar-refractivity contribution in [3.8, 4) is 0 Å². The maximum Gasteiger partial charge on any atom is 0.316 e. The minimum atomic E-state index is -0.614. The number of carbonyl (C=O) groups is 2. The van der Waals surface area contributed by atoms with E-state index in [0.29, 0.717) is 11.4 Å². The molecule has 23 heavy (non-hydrogen) atoms. The first-order chi connectivity index (χ1) is 10.9. The van der Waals surface area contributed by atoms with E-state index in [9.17, 15) is 9.59 Å². The number of primary amides is 1. The van der Waals surface area contributed by atoms with Gasteiger partial charge >= 0.3 is 6.03 Å². The predicted molar refractivity (Wildman–Crippen MR) is 96.7 cm³/mol. The van der Waals surface area contributed by atoms with E-state index in [-0.39, 0.29) is 11.9 Å². The predicted octanol–water partition coefficient (Wildman–Crippen LogP) is 3.27. The van der Waals surface area contributed by atoms with Gasteiger partial charge in [0.05, 0.1) is 6.04 Å². The van der Waals surface area contributed by atoms with Gasteiger partial charge in [-0.05, 0) is 65.4 Å². The van der Waals surface area contributed by atoms with Crippen LogP contribution in [0.25, 0.3) is 6.08 Å². The topological polar surface area (TPSA) is 97.4 Å². The fourth-order valence-electron chi connectivity index (χ4n) is 1.92. The van der Waals surface area contributed by atoms with Crippen LogP contribution in [-0.2, 0) is 4.79 Å². The zero-order valence-electron chi connectivity index (χ0n) is 12.4. The third-order valence-electron chi connectivity index (χ3n) is 3.03. The quantitative estimate of drug-likeness (QED) is 0.507. The van der Waals surface area contributed by atoms with Gasteiger partial charge in [0.15, 0.2) is 3.77 Å². The van der Waals surface area contributed by atoms with Crippen molar-refractivity contribution in [3.05, 3.63) is 57.6 Å². The molecule has 0 saturated heterocycles. The van der Waals surface area contributed by atoms with E-state index in [1.807, 2.05) is 25.1 Å². The minimum Gasteiger partial charge on any atom is -0.451 e. The number of hydrogen-bond acceptors (Lipinski definition) is 3. The number of hydrogen-bond donors (Lipinski definition) is 3. The highest BCUT2D eigenvalue weighted by Crippen LogP contribution is 2.16. The monoisotopic (exact) mass is 425 g/mol.